The summed E-state index contributed by atoms with van der Waals surface area (Å²) in [5.74, 6) is -0.792. The summed E-state index contributed by atoms with van der Waals surface area (Å²) in [6.07, 6.45) is 1.86. The predicted molar refractivity (Wildman–Crippen MR) is 65.5 cm³/mol. The first kappa shape index (κ1) is 11.2. The van der Waals surface area contributed by atoms with Crippen LogP contribution in [0.3, 0.4) is 0 Å². The second-order valence-corrected chi connectivity index (χ2v) is 4.90. The molecule has 94 valence electrons. The normalized spacial score (nSPS) is 17.6. The lowest BCUT2D eigenvalue weighted by atomic mass is 9.76. The fourth-order valence-electron chi connectivity index (χ4n) is 2.47. The number of nitrogens with zero attached hydrogens (tertiary/aromatic N) is 2. The number of aromatic nitrogens is 2. The Balaban J connectivity index is 2.04. The summed E-state index contributed by atoms with van der Waals surface area (Å²) in [7, 11) is 1.94. The molecule has 0 bridgehead atoms. The number of carbonyl (C=O) groups is 1. The summed E-state index contributed by atoms with van der Waals surface area (Å²) in [5, 5.41) is 9.02. The van der Waals surface area contributed by atoms with Crippen molar-refractivity contribution in [1.29, 1.82) is 0 Å². The zero-order valence-electron chi connectivity index (χ0n) is 10.1. The number of benzene rings is 1. The number of ether oxygens (including phenoxy) is 1. The average Bonchev–Trinajstić information content (AvgIpc) is 2.65. The number of carboxylic acid groups (broad SMARTS) is 1. The molecule has 0 radical (unpaired) electrons. The van der Waals surface area contributed by atoms with E-state index < -0.39 is 5.97 Å². The monoisotopic (exact) mass is 246 g/mol. The highest BCUT2D eigenvalue weighted by Gasteiger charge is 2.42. The molecule has 1 aromatic heterocycles. The van der Waals surface area contributed by atoms with Gasteiger partial charge < -0.3 is 14.4 Å². The van der Waals surface area contributed by atoms with Crippen molar-refractivity contribution in [3.05, 3.63) is 30.1 Å². The van der Waals surface area contributed by atoms with E-state index in [0.717, 1.165) is 16.6 Å². The van der Waals surface area contributed by atoms with Gasteiger partial charge in [0.15, 0.2) is 0 Å². The van der Waals surface area contributed by atoms with Crippen LogP contribution >= 0.6 is 0 Å². The molecule has 0 amide bonds. The Bertz CT molecular complexity index is 614. The van der Waals surface area contributed by atoms with Crippen LogP contribution in [0, 0.1) is 0 Å². The molecule has 1 N–H and O–H groups in total. The number of aliphatic carboxylic acids is 1. The molecule has 1 aromatic carbocycles. The molecule has 2 heterocycles. The summed E-state index contributed by atoms with van der Waals surface area (Å²) < 4.78 is 7.17. The Labute approximate surface area is 104 Å². The summed E-state index contributed by atoms with van der Waals surface area (Å²) in [6, 6.07) is 5.94. The van der Waals surface area contributed by atoms with E-state index in [4.69, 9.17) is 9.84 Å². The van der Waals surface area contributed by atoms with E-state index in [-0.39, 0.29) is 11.8 Å². The van der Waals surface area contributed by atoms with E-state index in [0.29, 0.717) is 13.2 Å². The summed E-state index contributed by atoms with van der Waals surface area (Å²) in [4.78, 5) is 15.3. The summed E-state index contributed by atoms with van der Waals surface area (Å²) in [6.45, 7) is 0.940. The van der Waals surface area contributed by atoms with Gasteiger partial charge >= 0.3 is 5.97 Å². The fourth-order valence-corrected chi connectivity index (χ4v) is 2.47. The molecule has 0 atom stereocenters. The van der Waals surface area contributed by atoms with E-state index in [2.05, 4.69) is 4.98 Å². The number of aryl methyl sites for hydroxylation is 1. The highest BCUT2D eigenvalue weighted by Crippen LogP contribution is 2.36. The van der Waals surface area contributed by atoms with Crippen LogP contribution in [0.2, 0.25) is 0 Å². The van der Waals surface area contributed by atoms with E-state index in [1.54, 1.807) is 6.33 Å². The fraction of sp³-hybridized carbons (Fsp3) is 0.385. The van der Waals surface area contributed by atoms with Crippen molar-refractivity contribution in [1.82, 2.24) is 9.55 Å². The number of carboxylic acids is 1. The van der Waals surface area contributed by atoms with Gasteiger partial charge in [-0.3, -0.25) is 4.79 Å². The Hall–Kier alpha value is -1.88. The van der Waals surface area contributed by atoms with Crippen molar-refractivity contribution in [2.75, 3.05) is 13.2 Å². The van der Waals surface area contributed by atoms with Crippen molar-refractivity contribution in [2.24, 2.45) is 7.05 Å². The summed E-state index contributed by atoms with van der Waals surface area (Å²) in [5.41, 5.74) is 2.57. The molecule has 1 fully saturated rings. The van der Waals surface area contributed by atoms with Crippen molar-refractivity contribution in [3.8, 4) is 0 Å². The Kier molecular flexibility index (Phi) is 2.38. The van der Waals surface area contributed by atoms with Crippen LogP contribution in [0.1, 0.15) is 12.0 Å². The molecule has 0 spiro atoms. The van der Waals surface area contributed by atoms with Crippen molar-refractivity contribution in [2.45, 2.75) is 11.8 Å². The number of hydrogen-bond acceptors (Lipinski definition) is 3. The minimum atomic E-state index is -0.792. The molecule has 2 aromatic rings. The minimum absolute atomic E-state index is 0.103. The van der Waals surface area contributed by atoms with E-state index in [1.165, 1.54) is 0 Å². The lowest BCUT2D eigenvalue weighted by molar-refractivity contribution is -0.145. The van der Waals surface area contributed by atoms with Gasteiger partial charge in [0.2, 0.25) is 0 Å². The Morgan fingerprint density at radius 1 is 1.56 bits per heavy atom. The second-order valence-electron chi connectivity index (χ2n) is 4.90. The van der Waals surface area contributed by atoms with E-state index in [9.17, 15) is 4.79 Å². The first-order valence-corrected chi connectivity index (χ1v) is 5.82. The number of imidazole rings is 1. The maximum absolute atomic E-state index is 11.0. The first-order valence-electron chi connectivity index (χ1n) is 5.82. The molecular formula is C13H14N2O3. The van der Waals surface area contributed by atoms with Crippen LogP contribution in [-0.2, 0) is 22.0 Å². The smallest absolute Gasteiger partial charge is 0.304 e. The van der Waals surface area contributed by atoms with Gasteiger partial charge in [0.25, 0.3) is 0 Å². The number of rotatable bonds is 3. The average molecular weight is 246 g/mol. The maximum atomic E-state index is 11.0. The van der Waals surface area contributed by atoms with Crippen LogP contribution in [0.4, 0.5) is 0 Å². The molecule has 1 saturated heterocycles. The third kappa shape index (κ3) is 1.59. The van der Waals surface area contributed by atoms with Gasteiger partial charge in [-0.15, -0.1) is 0 Å². The molecule has 1 aliphatic heterocycles. The van der Waals surface area contributed by atoms with Gasteiger partial charge in [-0.1, -0.05) is 6.07 Å². The molecule has 1 aliphatic rings. The van der Waals surface area contributed by atoms with E-state index in [1.807, 2.05) is 29.8 Å². The molecule has 0 unspecified atom stereocenters. The quantitative estimate of drug-likeness (QED) is 0.887. The van der Waals surface area contributed by atoms with Crippen molar-refractivity contribution < 1.29 is 14.6 Å². The van der Waals surface area contributed by atoms with E-state index >= 15 is 0 Å². The third-order valence-electron chi connectivity index (χ3n) is 3.58. The molecule has 0 aliphatic carbocycles. The Morgan fingerprint density at radius 2 is 2.33 bits per heavy atom. The highest BCUT2D eigenvalue weighted by atomic mass is 16.5. The maximum Gasteiger partial charge on any atom is 0.304 e. The van der Waals surface area contributed by atoms with Crippen LogP contribution in [-0.4, -0.2) is 33.8 Å². The third-order valence-corrected chi connectivity index (χ3v) is 3.58. The molecule has 0 saturated carbocycles. The van der Waals surface area contributed by atoms with Crippen LogP contribution in [0.25, 0.3) is 11.0 Å². The lowest BCUT2D eigenvalue weighted by Crippen LogP contribution is -2.48. The van der Waals surface area contributed by atoms with Gasteiger partial charge in [0, 0.05) is 7.05 Å². The van der Waals surface area contributed by atoms with Crippen LogP contribution < -0.4 is 0 Å². The van der Waals surface area contributed by atoms with Gasteiger partial charge in [-0.25, -0.2) is 4.98 Å². The van der Waals surface area contributed by atoms with Crippen molar-refractivity contribution >= 4 is 17.0 Å². The van der Waals surface area contributed by atoms with Gasteiger partial charge in [-0.05, 0) is 17.7 Å². The topological polar surface area (TPSA) is 64.4 Å². The molecule has 3 rings (SSSR count). The highest BCUT2D eigenvalue weighted by molar-refractivity contribution is 5.77. The SMILES string of the molecule is Cn1cnc2cc(C3(CC(=O)O)COC3)ccc21. The van der Waals surface area contributed by atoms with Crippen LogP contribution in [0.5, 0.6) is 0 Å². The zero-order valence-corrected chi connectivity index (χ0v) is 10.1. The predicted octanol–water partition coefficient (Wildman–Crippen LogP) is 1.32. The van der Waals surface area contributed by atoms with Crippen molar-refractivity contribution in [3.63, 3.8) is 0 Å². The summed E-state index contributed by atoms with van der Waals surface area (Å²) >= 11 is 0. The second kappa shape index (κ2) is 3.81. The van der Waals surface area contributed by atoms with Gasteiger partial charge in [0.1, 0.15) is 0 Å². The minimum Gasteiger partial charge on any atom is -0.481 e. The first-order chi connectivity index (χ1) is 8.61. The van der Waals surface area contributed by atoms with Gasteiger partial charge in [0.05, 0.1) is 42.4 Å². The number of fused-ring (bicyclic) bond motifs is 1. The zero-order chi connectivity index (χ0) is 12.8. The van der Waals surface area contributed by atoms with Gasteiger partial charge in [-0.2, -0.15) is 0 Å². The standard InChI is InChI=1S/C13H14N2O3/c1-15-8-14-10-4-9(2-3-11(10)15)13(5-12(16)17)6-18-7-13/h2-4,8H,5-7H2,1H3,(H,16,17). The molecular weight excluding hydrogens is 232 g/mol. The molecule has 18 heavy (non-hydrogen) atoms. The molecule has 5 nitrogen and oxygen atoms in total. The number of hydrogen-bond donors (Lipinski definition) is 1. The van der Waals surface area contributed by atoms with Crippen LogP contribution in [0.15, 0.2) is 24.5 Å². The lowest BCUT2D eigenvalue weighted by Gasteiger charge is -2.40. The molecule has 5 heteroatoms. The largest absolute Gasteiger partial charge is 0.481 e. The Morgan fingerprint density at radius 3 is 2.94 bits per heavy atom.